The molecule has 1 rings (SSSR count). The molecule has 18 heavy (non-hydrogen) atoms. The van der Waals surface area contributed by atoms with E-state index in [0.29, 0.717) is 24.7 Å². The summed E-state index contributed by atoms with van der Waals surface area (Å²) in [5.74, 6) is 4.68. The molecule has 0 saturated carbocycles. The number of hydrazine groups is 1. The van der Waals surface area contributed by atoms with E-state index in [9.17, 15) is 4.79 Å². The molecule has 1 heterocycles. The van der Waals surface area contributed by atoms with Crippen LogP contribution in [0.3, 0.4) is 0 Å². The molecule has 0 unspecified atom stereocenters. The maximum atomic E-state index is 11.2. The summed E-state index contributed by atoms with van der Waals surface area (Å²) in [4.78, 5) is 17.6. The number of carbonyl (C=O) groups is 1. The zero-order valence-corrected chi connectivity index (χ0v) is 10.8. The third-order valence-electron chi connectivity index (χ3n) is 2.70. The van der Waals surface area contributed by atoms with Gasteiger partial charge in [0.15, 0.2) is 0 Å². The van der Waals surface area contributed by atoms with Crippen molar-refractivity contribution in [1.82, 2.24) is 15.3 Å². The molecule has 100 valence electrons. The smallest absolute Gasteiger partial charge is 0.266 e. The molecule has 0 saturated heterocycles. The van der Waals surface area contributed by atoms with E-state index in [-0.39, 0.29) is 12.5 Å². The summed E-state index contributed by atoms with van der Waals surface area (Å²) >= 11 is 0. The van der Waals surface area contributed by atoms with Gasteiger partial charge in [0.25, 0.3) is 5.91 Å². The van der Waals surface area contributed by atoms with Crippen LogP contribution in [0.1, 0.15) is 29.9 Å². The van der Waals surface area contributed by atoms with E-state index in [1.54, 1.807) is 12.1 Å². The third kappa shape index (κ3) is 4.06. The van der Waals surface area contributed by atoms with E-state index in [1.165, 1.54) is 6.20 Å². The summed E-state index contributed by atoms with van der Waals surface area (Å²) in [5, 5.41) is 8.98. The fourth-order valence-corrected chi connectivity index (χ4v) is 1.59. The first-order valence-electron chi connectivity index (χ1n) is 5.89. The van der Waals surface area contributed by atoms with Gasteiger partial charge >= 0.3 is 0 Å². The van der Waals surface area contributed by atoms with Crippen molar-refractivity contribution in [1.29, 1.82) is 0 Å². The predicted molar refractivity (Wildman–Crippen MR) is 68.5 cm³/mol. The van der Waals surface area contributed by atoms with E-state index in [1.807, 2.05) is 0 Å². The second-order valence-corrected chi connectivity index (χ2v) is 4.30. The normalized spacial score (nSPS) is 11.0. The van der Waals surface area contributed by atoms with Crippen LogP contribution in [0, 0.1) is 0 Å². The molecule has 0 spiro atoms. The lowest BCUT2D eigenvalue weighted by molar-refractivity contribution is 0.0953. The van der Waals surface area contributed by atoms with Crippen molar-refractivity contribution in [2.75, 3.05) is 13.2 Å². The van der Waals surface area contributed by atoms with Gasteiger partial charge < -0.3 is 5.11 Å². The fraction of sp³-hybridized carbons (Fsp3) is 0.500. The molecule has 0 atom stereocenters. The van der Waals surface area contributed by atoms with Gasteiger partial charge in [0.1, 0.15) is 0 Å². The minimum absolute atomic E-state index is 0.117. The van der Waals surface area contributed by atoms with E-state index in [4.69, 9.17) is 10.9 Å². The number of carbonyl (C=O) groups excluding carboxylic acids is 1. The number of nitrogens with one attached hydrogen (secondary N) is 1. The zero-order valence-electron chi connectivity index (χ0n) is 10.8. The van der Waals surface area contributed by atoms with Gasteiger partial charge in [-0.1, -0.05) is 0 Å². The number of aliphatic hydroxyl groups excluding tert-OH is 1. The minimum Gasteiger partial charge on any atom is -0.395 e. The van der Waals surface area contributed by atoms with Crippen molar-refractivity contribution < 1.29 is 9.90 Å². The van der Waals surface area contributed by atoms with Gasteiger partial charge in [-0.2, -0.15) is 0 Å². The molecule has 0 aliphatic heterocycles. The highest BCUT2D eigenvalue weighted by molar-refractivity contribution is 5.93. The number of amides is 1. The SMILES string of the molecule is CC(C)N(CCO)Cc1ccc(C(=O)NN)cn1. The second kappa shape index (κ2) is 7.05. The number of hydrogen-bond acceptors (Lipinski definition) is 5. The third-order valence-corrected chi connectivity index (χ3v) is 2.70. The summed E-state index contributed by atoms with van der Waals surface area (Å²) in [6.45, 7) is 5.48. The largest absolute Gasteiger partial charge is 0.395 e. The van der Waals surface area contributed by atoms with Crippen molar-refractivity contribution in [3.8, 4) is 0 Å². The summed E-state index contributed by atoms with van der Waals surface area (Å²) < 4.78 is 0. The summed E-state index contributed by atoms with van der Waals surface area (Å²) in [6.07, 6.45) is 1.50. The molecule has 0 fully saturated rings. The molecule has 6 nitrogen and oxygen atoms in total. The number of nitrogen functional groups attached to an aromatic ring is 1. The fourth-order valence-electron chi connectivity index (χ4n) is 1.59. The molecule has 0 aliphatic rings. The minimum atomic E-state index is -0.356. The van der Waals surface area contributed by atoms with Crippen LogP contribution in [0.25, 0.3) is 0 Å². The maximum absolute atomic E-state index is 11.2. The van der Waals surface area contributed by atoms with Gasteiger partial charge in [-0.05, 0) is 26.0 Å². The van der Waals surface area contributed by atoms with Crippen LogP contribution >= 0.6 is 0 Å². The molecule has 4 N–H and O–H groups in total. The predicted octanol–water partition coefficient (Wildman–Crippen LogP) is -0.112. The molecule has 1 amide bonds. The Morgan fingerprint density at radius 3 is 2.72 bits per heavy atom. The van der Waals surface area contributed by atoms with Crippen molar-refractivity contribution in [2.45, 2.75) is 26.4 Å². The van der Waals surface area contributed by atoms with E-state index < -0.39 is 0 Å². The van der Waals surface area contributed by atoms with Crippen LogP contribution in [0.5, 0.6) is 0 Å². The lowest BCUT2D eigenvalue weighted by Crippen LogP contribution is -2.33. The van der Waals surface area contributed by atoms with Crippen LogP contribution < -0.4 is 11.3 Å². The Hall–Kier alpha value is -1.50. The topological polar surface area (TPSA) is 91.5 Å². The van der Waals surface area contributed by atoms with Crippen molar-refractivity contribution in [3.05, 3.63) is 29.6 Å². The Morgan fingerprint density at radius 2 is 2.28 bits per heavy atom. The highest BCUT2D eigenvalue weighted by Crippen LogP contribution is 2.07. The molecule has 0 aliphatic carbocycles. The number of pyridine rings is 1. The first-order valence-corrected chi connectivity index (χ1v) is 5.89. The maximum Gasteiger partial charge on any atom is 0.266 e. The van der Waals surface area contributed by atoms with Crippen LogP contribution in [0.15, 0.2) is 18.3 Å². The van der Waals surface area contributed by atoms with Crippen LogP contribution in [-0.4, -0.2) is 40.1 Å². The van der Waals surface area contributed by atoms with Gasteiger partial charge in [0, 0.05) is 25.3 Å². The molecule has 6 heteroatoms. The average Bonchev–Trinajstić information content (AvgIpc) is 2.38. The molecule has 0 radical (unpaired) electrons. The Balaban J connectivity index is 2.70. The van der Waals surface area contributed by atoms with Crippen LogP contribution in [0.2, 0.25) is 0 Å². The first-order chi connectivity index (χ1) is 8.58. The number of aliphatic hydroxyl groups is 1. The molecule has 1 aromatic heterocycles. The summed E-state index contributed by atoms with van der Waals surface area (Å²) in [5.41, 5.74) is 3.34. The monoisotopic (exact) mass is 252 g/mol. The van der Waals surface area contributed by atoms with E-state index in [2.05, 4.69) is 29.2 Å². The Bertz CT molecular complexity index is 378. The first kappa shape index (κ1) is 14.6. The number of rotatable bonds is 6. The van der Waals surface area contributed by atoms with E-state index in [0.717, 1.165) is 5.69 Å². The van der Waals surface area contributed by atoms with Crippen molar-refractivity contribution in [2.24, 2.45) is 5.84 Å². The highest BCUT2D eigenvalue weighted by atomic mass is 16.3. The molecule has 0 bridgehead atoms. The Kier molecular flexibility index (Phi) is 5.70. The molecule has 1 aromatic rings. The van der Waals surface area contributed by atoms with Crippen LogP contribution in [0.4, 0.5) is 0 Å². The number of nitrogens with zero attached hydrogens (tertiary/aromatic N) is 2. The Labute approximate surface area is 107 Å². The second-order valence-electron chi connectivity index (χ2n) is 4.30. The summed E-state index contributed by atoms with van der Waals surface area (Å²) in [7, 11) is 0. The number of nitrogens with two attached hydrogens (primary N) is 1. The standard InChI is InChI=1S/C12H20N4O2/c1-9(2)16(5-6-17)8-11-4-3-10(7-14-11)12(18)15-13/h3-4,7,9,17H,5-6,8,13H2,1-2H3,(H,15,18). The van der Waals surface area contributed by atoms with E-state index >= 15 is 0 Å². The van der Waals surface area contributed by atoms with Gasteiger partial charge in [0.2, 0.25) is 0 Å². The van der Waals surface area contributed by atoms with Crippen molar-refractivity contribution in [3.63, 3.8) is 0 Å². The quantitative estimate of drug-likeness (QED) is 0.373. The number of hydrogen-bond donors (Lipinski definition) is 3. The van der Waals surface area contributed by atoms with Gasteiger partial charge in [-0.3, -0.25) is 20.1 Å². The lowest BCUT2D eigenvalue weighted by Gasteiger charge is -2.25. The zero-order chi connectivity index (χ0) is 13.5. The number of aromatic nitrogens is 1. The summed E-state index contributed by atoms with van der Waals surface area (Å²) in [6, 6.07) is 3.80. The molecular weight excluding hydrogens is 232 g/mol. The molecule has 0 aromatic carbocycles. The highest BCUT2D eigenvalue weighted by Gasteiger charge is 2.11. The average molecular weight is 252 g/mol. The van der Waals surface area contributed by atoms with Gasteiger partial charge in [-0.25, -0.2) is 5.84 Å². The Morgan fingerprint density at radius 1 is 1.56 bits per heavy atom. The van der Waals surface area contributed by atoms with Gasteiger partial charge in [0.05, 0.1) is 17.9 Å². The van der Waals surface area contributed by atoms with Crippen LogP contribution in [-0.2, 0) is 6.54 Å². The van der Waals surface area contributed by atoms with Crippen molar-refractivity contribution >= 4 is 5.91 Å². The van der Waals surface area contributed by atoms with Gasteiger partial charge in [-0.15, -0.1) is 0 Å². The molecular formula is C12H20N4O2. The lowest BCUT2D eigenvalue weighted by atomic mass is 10.2.